The first-order valence-corrected chi connectivity index (χ1v) is 4.82. The maximum absolute atomic E-state index is 12.8. The Morgan fingerprint density at radius 3 is 2.28 bits per heavy atom. The monoisotopic (exact) mass is 261 g/mol. The Labute approximate surface area is 98.5 Å². The molecule has 8 heteroatoms. The summed E-state index contributed by atoms with van der Waals surface area (Å²) in [6.45, 7) is -0.879. The Morgan fingerprint density at radius 2 is 1.78 bits per heavy atom. The van der Waals surface area contributed by atoms with E-state index in [1.54, 1.807) is 0 Å². The zero-order valence-corrected chi connectivity index (χ0v) is 8.82. The van der Waals surface area contributed by atoms with E-state index < -0.39 is 30.0 Å². The summed E-state index contributed by atoms with van der Waals surface area (Å²) in [4.78, 5) is 0. The number of rotatable bonds is 2. The lowest BCUT2D eigenvalue weighted by molar-refractivity contribution is -0.143. The van der Waals surface area contributed by atoms with Gasteiger partial charge in [-0.15, -0.1) is 5.10 Å². The minimum atomic E-state index is -4.71. The summed E-state index contributed by atoms with van der Waals surface area (Å²) in [5.41, 5.74) is -1.74. The van der Waals surface area contributed by atoms with Crippen LogP contribution in [0.4, 0.5) is 17.6 Å². The van der Waals surface area contributed by atoms with E-state index in [0.717, 1.165) is 24.3 Å². The molecule has 1 N–H and O–H groups in total. The molecule has 1 aromatic heterocycles. The topological polar surface area (TPSA) is 50.9 Å². The van der Waals surface area contributed by atoms with Crippen molar-refractivity contribution >= 4 is 0 Å². The molecule has 0 fully saturated rings. The molecule has 0 aliphatic heterocycles. The zero-order valence-electron chi connectivity index (χ0n) is 8.82. The first-order chi connectivity index (χ1) is 8.43. The highest BCUT2D eigenvalue weighted by atomic mass is 19.4. The molecule has 0 unspecified atom stereocenters. The SMILES string of the molecule is OCc1nnn(-c2ccc(F)cc2)c1C(F)(F)F. The summed E-state index contributed by atoms with van der Waals surface area (Å²) in [6, 6.07) is 4.30. The molecule has 4 nitrogen and oxygen atoms in total. The van der Waals surface area contributed by atoms with E-state index in [0.29, 0.717) is 4.68 Å². The van der Waals surface area contributed by atoms with Crippen LogP contribution in [0, 0.1) is 5.82 Å². The van der Waals surface area contributed by atoms with Gasteiger partial charge < -0.3 is 5.11 Å². The third kappa shape index (κ3) is 2.19. The van der Waals surface area contributed by atoms with Gasteiger partial charge in [-0.05, 0) is 24.3 Å². The van der Waals surface area contributed by atoms with E-state index in [4.69, 9.17) is 5.11 Å². The van der Waals surface area contributed by atoms with Gasteiger partial charge in [0.15, 0.2) is 5.69 Å². The summed E-state index contributed by atoms with van der Waals surface area (Å²) in [5.74, 6) is -0.574. The fourth-order valence-corrected chi connectivity index (χ4v) is 1.47. The van der Waals surface area contributed by atoms with Crippen LogP contribution in [0.15, 0.2) is 24.3 Å². The Bertz CT molecular complexity index is 547. The Kier molecular flexibility index (Phi) is 3.04. The molecule has 0 spiro atoms. The molecule has 0 atom stereocenters. The summed E-state index contributed by atoms with van der Waals surface area (Å²) in [5, 5.41) is 15.4. The minimum absolute atomic E-state index is 0.0101. The van der Waals surface area contributed by atoms with E-state index in [9.17, 15) is 17.6 Å². The molecule has 0 saturated carbocycles. The van der Waals surface area contributed by atoms with Crippen LogP contribution in [-0.4, -0.2) is 20.1 Å². The average Bonchev–Trinajstić information content (AvgIpc) is 2.73. The third-order valence-electron chi connectivity index (χ3n) is 2.23. The van der Waals surface area contributed by atoms with Crippen molar-refractivity contribution < 1.29 is 22.7 Å². The van der Waals surface area contributed by atoms with E-state index in [2.05, 4.69) is 10.3 Å². The highest BCUT2D eigenvalue weighted by molar-refractivity contribution is 5.34. The number of hydrogen-bond acceptors (Lipinski definition) is 3. The number of alkyl halides is 3. The summed E-state index contributed by atoms with van der Waals surface area (Å²) in [7, 11) is 0. The van der Waals surface area contributed by atoms with Crippen molar-refractivity contribution in [3.8, 4) is 5.69 Å². The molecule has 96 valence electrons. The number of nitrogens with zero attached hydrogens (tertiary/aromatic N) is 3. The molecule has 2 aromatic rings. The van der Waals surface area contributed by atoms with Crippen molar-refractivity contribution in [3.63, 3.8) is 0 Å². The van der Waals surface area contributed by atoms with Crippen molar-refractivity contribution in [1.29, 1.82) is 0 Å². The Hall–Kier alpha value is -1.96. The van der Waals surface area contributed by atoms with Gasteiger partial charge in [0.25, 0.3) is 0 Å². The number of aromatic nitrogens is 3. The first-order valence-electron chi connectivity index (χ1n) is 4.82. The lowest BCUT2D eigenvalue weighted by atomic mass is 10.2. The highest BCUT2D eigenvalue weighted by Gasteiger charge is 2.39. The molecule has 0 bridgehead atoms. The first kappa shape index (κ1) is 12.5. The Balaban J connectivity index is 2.58. The molecule has 18 heavy (non-hydrogen) atoms. The van der Waals surface area contributed by atoms with Crippen molar-refractivity contribution in [1.82, 2.24) is 15.0 Å². The predicted molar refractivity (Wildman–Crippen MR) is 52.2 cm³/mol. The summed E-state index contributed by atoms with van der Waals surface area (Å²) < 4.78 is 51.6. The standard InChI is InChI=1S/C10H7F4N3O/c11-6-1-3-7(4-2-6)17-9(10(12,13)14)8(5-18)15-16-17/h1-4,18H,5H2. The van der Waals surface area contributed by atoms with Crippen molar-refractivity contribution in [2.24, 2.45) is 0 Å². The molecular weight excluding hydrogens is 254 g/mol. The second-order valence-corrected chi connectivity index (χ2v) is 3.43. The molecule has 0 aliphatic carbocycles. The van der Waals surface area contributed by atoms with Gasteiger partial charge in [0.1, 0.15) is 11.5 Å². The lowest BCUT2D eigenvalue weighted by Gasteiger charge is -2.10. The van der Waals surface area contributed by atoms with Gasteiger partial charge in [-0.2, -0.15) is 13.2 Å². The quantitative estimate of drug-likeness (QED) is 0.840. The van der Waals surface area contributed by atoms with Gasteiger partial charge in [-0.25, -0.2) is 9.07 Å². The van der Waals surface area contributed by atoms with E-state index >= 15 is 0 Å². The smallest absolute Gasteiger partial charge is 0.390 e. The van der Waals surface area contributed by atoms with E-state index in [-0.39, 0.29) is 5.69 Å². The molecule has 1 heterocycles. The highest BCUT2D eigenvalue weighted by Crippen LogP contribution is 2.32. The zero-order chi connectivity index (χ0) is 13.3. The molecule has 0 amide bonds. The molecule has 1 aromatic carbocycles. The molecule has 0 radical (unpaired) electrons. The maximum Gasteiger partial charge on any atom is 0.435 e. The third-order valence-corrected chi connectivity index (χ3v) is 2.23. The van der Waals surface area contributed by atoms with Crippen LogP contribution < -0.4 is 0 Å². The molecule has 0 aliphatic rings. The fraction of sp³-hybridized carbons (Fsp3) is 0.200. The summed E-state index contributed by atoms with van der Waals surface area (Å²) >= 11 is 0. The fourth-order valence-electron chi connectivity index (χ4n) is 1.47. The average molecular weight is 261 g/mol. The lowest BCUT2D eigenvalue weighted by Crippen LogP contribution is -2.15. The maximum atomic E-state index is 12.8. The van der Waals surface area contributed by atoms with Crippen molar-refractivity contribution in [2.45, 2.75) is 12.8 Å². The van der Waals surface area contributed by atoms with Crippen molar-refractivity contribution in [2.75, 3.05) is 0 Å². The second-order valence-electron chi connectivity index (χ2n) is 3.43. The number of hydrogen-bond donors (Lipinski definition) is 1. The molecular formula is C10H7F4N3O. The molecule has 2 rings (SSSR count). The van der Waals surface area contributed by atoms with Gasteiger partial charge in [0, 0.05) is 0 Å². The van der Waals surface area contributed by atoms with Crippen LogP contribution in [0.25, 0.3) is 5.69 Å². The predicted octanol–water partition coefficient (Wildman–Crippen LogP) is 1.92. The van der Waals surface area contributed by atoms with Crippen LogP contribution in [-0.2, 0) is 12.8 Å². The molecule has 0 saturated heterocycles. The van der Waals surface area contributed by atoms with Crippen LogP contribution in [0.1, 0.15) is 11.4 Å². The van der Waals surface area contributed by atoms with Gasteiger partial charge in [-0.3, -0.25) is 0 Å². The second kappa shape index (κ2) is 4.37. The van der Waals surface area contributed by atoms with Gasteiger partial charge in [0.05, 0.1) is 12.3 Å². The number of halogens is 4. The van der Waals surface area contributed by atoms with Crippen LogP contribution in [0.3, 0.4) is 0 Å². The van der Waals surface area contributed by atoms with Gasteiger partial charge in [0.2, 0.25) is 0 Å². The largest absolute Gasteiger partial charge is 0.435 e. The number of aliphatic hydroxyl groups is 1. The number of aliphatic hydroxyl groups excluding tert-OH is 1. The van der Waals surface area contributed by atoms with Gasteiger partial charge >= 0.3 is 6.18 Å². The number of benzene rings is 1. The van der Waals surface area contributed by atoms with Gasteiger partial charge in [-0.1, -0.05) is 5.21 Å². The minimum Gasteiger partial charge on any atom is -0.390 e. The summed E-state index contributed by atoms with van der Waals surface area (Å²) in [6.07, 6.45) is -4.71. The van der Waals surface area contributed by atoms with Crippen LogP contribution in [0.2, 0.25) is 0 Å². The Morgan fingerprint density at radius 1 is 1.17 bits per heavy atom. The van der Waals surface area contributed by atoms with E-state index in [1.807, 2.05) is 0 Å². The van der Waals surface area contributed by atoms with Crippen LogP contribution in [0.5, 0.6) is 0 Å². The normalized spacial score (nSPS) is 11.8. The van der Waals surface area contributed by atoms with Crippen LogP contribution >= 0.6 is 0 Å². The van der Waals surface area contributed by atoms with Crippen molar-refractivity contribution in [3.05, 3.63) is 41.5 Å². The van der Waals surface area contributed by atoms with E-state index in [1.165, 1.54) is 0 Å².